The molecule has 1 aromatic heterocycles. The van der Waals surface area contributed by atoms with E-state index in [0.29, 0.717) is 23.5 Å². The summed E-state index contributed by atoms with van der Waals surface area (Å²) in [6, 6.07) is 5.59. The van der Waals surface area contributed by atoms with Gasteiger partial charge in [-0.25, -0.2) is 13.8 Å². The van der Waals surface area contributed by atoms with E-state index in [0.717, 1.165) is 18.6 Å². The maximum atomic E-state index is 13.1. The van der Waals surface area contributed by atoms with E-state index in [1.54, 1.807) is 12.3 Å². The molecule has 0 aliphatic heterocycles. The monoisotopic (exact) mass is 278 g/mol. The average molecular weight is 278 g/mol. The number of aromatic nitrogens is 2. The van der Waals surface area contributed by atoms with Crippen LogP contribution < -0.4 is 10.6 Å². The summed E-state index contributed by atoms with van der Waals surface area (Å²) in [5.41, 5.74) is 0.393. The number of anilines is 3. The van der Waals surface area contributed by atoms with E-state index in [2.05, 4.69) is 27.5 Å². The van der Waals surface area contributed by atoms with Gasteiger partial charge in [-0.2, -0.15) is 4.98 Å². The van der Waals surface area contributed by atoms with E-state index in [9.17, 15) is 8.78 Å². The third-order valence-electron chi connectivity index (χ3n) is 2.84. The van der Waals surface area contributed by atoms with Gasteiger partial charge in [-0.1, -0.05) is 6.92 Å². The van der Waals surface area contributed by atoms with E-state index in [1.165, 1.54) is 6.07 Å². The summed E-state index contributed by atoms with van der Waals surface area (Å²) in [7, 11) is 0. The Bertz CT molecular complexity index is 589. The third kappa shape index (κ3) is 3.63. The van der Waals surface area contributed by atoms with Crippen molar-refractivity contribution in [3.63, 3.8) is 0 Å². The molecule has 1 heterocycles. The molecule has 0 fully saturated rings. The Morgan fingerprint density at radius 3 is 2.70 bits per heavy atom. The van der Waals surface area contributed by atoms with Gasteiger partial charge in [0.1, 0.15) is 5.82 Å². The van der Waals surface area contributed by atoms with Gasteiger partial charge in [0.2, 0.25) is 5.95 Å². The molecule has 2 N–H and O–H groups in total. The number of rotatable bonds is 5. The van der Waals surface area contributed by atoms with Crippen LogP contribution in [0, 0.1) is 11.6 Å². The van der Waals surface area contributed by atoms with Crippen molar-refractivity contribution in [3.8, 4) is 0 Å². The van der Waals surface area contributed by atoms with Gasteiger partial charge >= 0.3 is 0 Å². The third-order valence-corrected chi connectivity index (χ3v) is 2.84. The molecule has 0 saturated carbocycles. The number of nitrogens with one attached hydrogen (secondary N) is 2. The van der Waals surface area contributed by atoms with Crippen molar-refractivity contribution in [2.45, 2.75) is 26.3 Å². The van der Waals surface area contributed by atoms with E-state index in [4.69, 9.17) is 0 Å². The second-order valence-electron chi connectivity index (χ2n) is 4.47. The van der Waals surface area contributed by atoms with Crippen LogP contribution >= 0.6 is 0 Å². The highest BCUT2D eigenvalue weighted by Gasteiger charge is 2.05. The SMILES string of the molecule is CCC(C)Nc1ccnc(Nc2ccc(F)c(F)c2)n1. The van der Waals surface area contributed by atoms with Crippen LogP contribution in [0.25, 0.3) is 0 Å². The molecular formula is C14H16F2N4. The van der Waals surface area contributed by atoms with Crippen LogP contribution in [0.15, 0.2) is 30.5 Å². The van der Waals surface area contributed by atoms with Crippen molar-refractivity contribution >= 4 is 17.5 Å². The van der Waals surface area contributed by atoms with Crippen LogP contribution in [0.4, 0.5) is 26.2 Å². The lowest BCUT2D eigenvalue weighted by molar-refractivity contribution is 0.509. The number of hydrogen-bond donors (Lipinski definition) is 2. The normalized spacial score (nSPS) is 12.0. The summed E-state index contributed by atoms with van der Waals surface area (Å²) in [6.45, 7) is 4.11. The summed E-state index contributed by atoms with van der Waals surface area (Å²) in [5, 5.41) is 6.05. The largest absolute Gasteiger partial charge is 0.367 e. The van der Waals surface area contributed by atoms with Crippen LogP contribution in [0.1, 0.15) is 20.3 Å². The lowest BCUT2D eigenvalue weighted by Gasteiger charge is -2.12. The molecule has 20 heavy (non-hydrogen) atoms. The minimum Gasteiger partial charge on any atom is -0.367 e. The molecule has 1 aromatic carbocycles. The van der Waals surface area contributed by atoms with Crippen molar-refractivity contribution in [2.75, 3.05) is 10.6 Å². The number of halogens is 2. The molecule has 0 spiro atoms. The number of nitrogens with zero attached hydrogens (tertiary/aromatic N) is 2. The molecule has 6 heteroatoms. The van der Waals surface area contributed by atoms with Crippen molar-refractivity contribution in [2.24, 2.45) is 0 Å². The molecule has 0 bridgehead atoms. The molecule has 2 aromatic rings. The molecule has 106 valence electrons. The molecular weight excluding hydrogens is 262 g/mol. The van der Waals surface area contributed by atoms with Gasteiger partial charge in [-0.15, -0.1) is 0 Å². The van der Waals surface area contributed by atoms with Gasteiger partial charge in [0.05, 0.1) is 0 Å². The van der Waals surface area contributed by atoms with E-state index >= 15 is 0 Å². The molecule has 0 amide bonds. The Morgan fingerprint density at radius 2 is 2.00 bits per heavy atom. The fourth-order valence-corrected chi connectivity index (χ4v) is 1.56. The van der Waals surface area contributed by atoms with Gasteiger partial charge in [-0.05, 0) is 31.5 Å². The number of benzene rings is 1. The zero-order valence-corrected chi connectivity index (χ0v) is 11.3. The molecule has 1 atom stereocenters. The second-order valence-corrected chi connectivity index (χ2v) is 4.47. The van der Waals surface area contributed by atoms with Crippen LogP contribution in [-0.4, -0.2) is 16.0 Å². The minimum absolute atomic E-state index is 0.293. The van der Waals surface area contributed by atoms with Gasteiger partial charge < -0.3 is 10.6 Å². The van der Waals surface area contributed by atoms with Gasteiger partial charge in [-0.3, -0.25) is 0 Å². The Morgan fingerprint density at radius 1 is 1.20 bits per heavy atom. The zero-order valence-electron chi connectivity index (χ0n) is 11.3. The lowest BCUT2D eigenvalue weighted by atomic mass is 10.2. The highest BCUT2D eigenvalue weighted by Crippen LogP contribution is 2.17. The van der Waals surface area contributed by atoms with Gasteiger partial charge in [0.15, 0.2) is 11.6 Å². The Hall–Kier alpha value is -2.24. The fraction of sp³-hybridized carbons (Fsp3) is 0.286. The predicted octanol–water partition coefficient (Wildman–Crippen LogP) is 3.71. The Labute approximate surface area is 116 Å². The lowest BCUT2D eigenvalue weighted by Crippen LogP contribution is -2.15. The highest BCUT2D eigenvalue weighted by molar-refractivity contribution is 5.54. The second kappa shape index (κ2) is 6.27. The smallest absolute Gasteiger partial charge is 0.229 e. The van der Waals surface area contributed by atoms with E-state index in [1.807, 2.05) is 6.92 Å². The summed E-state index contributed by atoms with van der Waals surface area (Å²) in [4.78, 5) is 8.30. The van der Waals surface area contributed by atoms with Gasteiger partial charge in [0.25, 0.3) is 0 Å². The molecule has 2 rings (SSSR count). The zero-order chi connectivity index (χ0) is 14.5. The maximum Gasteiger partial charge on any atom is 0.229 e. The summed E-state index contributed by atoms with van der Waals surface area (Å²) in [6.07, 6.45) is 2.57. The summed E-state index contributed by atoms with van der Waals surface area (Å²) in [5.74, 6) is -0.795. The first-order valence-electron chi connectivity index (χ1n) is 6.40. The first-order chi connectivity index (χ1) is 9.58. The predicted molar refractivity (Wildman–Crippen MR) is 75.0 cm³/mol. The first-order valence-corrected chi connectivity index (χ1v) is 6.40. The van der Waals surface area contributed by atoms with Crippen LogP contribution in [0.5, 0.6) is 0 Å². The van der Waals surface area contributed by atoms with Crippen LogP contribution in [-0.2, 0) is 0 Å². The van der Waals surface area contributed by atoms with Gasteiger partial charge in [0, 0.05) is 24.0 Å². The quantitative estimate of drug-likeness (QED) is 0.875. The molecule has 0 saturated heterocycles. The molecule has 0 aliphatic carbocycles. The molecule has 1 unspecified atom stereocenters. The topological polar surface area (TPSA) is 49.8 Å². The fourth-order valence-electron chi connectivity index (χ4n) is 1.56. The summed E-state index contributed by atoms with van der Waals surface area (Å²) < 4.78 is 26.0. The molecule has 4 nitrogen and oxygen atoms in total. The minimum atomic E-state index is -0.913. The van der Waals surface area contributed by atoms with E-state index in [-0.39, 0.29) is 0 Å². The average Bonchev–Trinajstić information content (AvgIpc) is 2.43. The maximum absolute atomic E-state index is 13.1. The van der Waals surface area contributed by atoms with Crippen molar-refractivity contribution in [3.05, 3.63) is 42.1 Å². The Kier molecular flexibility index (Phi) is 4.45. The highest BCUT2D eigenvalue weighted by atomic mass is 19.2. The Balaban J connectivity index is 2.12. The molecule has 0 radical (unpaired) electrons. The standard InChI is InChI=1S/C14H16F2N4/c1-3-9(2)18-13-6-7-17-14(20-13)19-10-4-5-11(15)12(16)8-10/h4-9H,3H2,1-2H3,(H2,17,18,19,20). The number of hydrogen-bond acceptors (Lipinski definition) is 4. The summed E-state index contributed by atoms with van der Waals surface area (Å²) >= 11 is 0. The van der Waals surface area contributed by atoms with Crippen molar-refractivity contribution in [1.82, 2.24) is 9.97 Å². The van der Waals surface area contributed by atoms with Crippen LogP contribution in [0.3, 0.4) is 0 Å². The van der Waals surface area contributed by atoms with E-state index < -0.39 is 11.6 Å². The van der Waals surface area contributed by atoms with Crippen LogP contribution in [0.2, 0.25) is 0 Å². The first kappa shape index (κ1) is 14.2. The molecule has 0 aliphatic rings. The van der Waals surface area contributed by atoms with Crippen molar-refractivity contribution in [1.29, 1.82) is 0 Å². The van der Waals surface area contributed by atoms with Crippen molar-refractivity contribution < 1.29 is 8.78 Å².